The van der Waals surface area contributed by atoms with Crippen LogP contribution in [0.3, 0.4) is 0 Å². The van der Waals surface area contributed by atoms with E-state index < -0.39 is 5.54 Å². The number of quaternary nitrogens is 1. The number of likely N-dealkylation sites (tertiary alicyclic amines) is 1. The fourth-order valence-electron chi connectivity index (χ4n) is 6.91. The van der Waals surface area contributed by atoms with Gasteiger partial charge in [-0.2, -0.15) is 0 Å². The van der Waals surface area contributed by atoms with Crippen LogP contribution in [0.2, 0.25) is 10.0 Å². The van der Waals surface area contributed by atoms with Crippen LogP contribution in [-0.4, -0.2) is 97.0 Å². The van der Waals surface area contributed by atoms with Crippen molar-refractivity contribution in [3.8, 4) is 0 Å². The number of hydrogen-bond acceptors (Lipinski definition) is 4. The number of nitrogens with one attached hydrogen (secondary N) is 1. The zero-order chi connectivity index (χ0) is 28.8. The van der Waals surface area contributed by atoms with E-state index in [4.69, 9.17) is 23.2 Å². The molecule has 2 amide bonds. The average molecular weight is 590 g/mol. The van der Waals surface area contributed by atoms with Crippen molar-refractivity contribution in [3.05, 3.63) is 63.9 Å². The van der Waals surface area contributed by atoms with Gasteiger partial charge in [0.2, 0.25) is 5.91 Å². The number of halogens is 2. The molecule has 3 heterocycles. The van der Waals surface area contributed by atoms with E-state index in [0.29, 0.717) is 23.0 Å². The van der Waals surface area contributed by atoms with Crippen molar-refractivity contribution >= 4 is 35.0 Å². The molecule has 1 aromatic heterocycles. The van der Waals surface area contributed by atoms with E-state index in [1.54, 1.807) is 12.4 Å². The van der Waals surface area contributed by atoms with Crippen molar-refractivity contribution in [2.75, 3.05) is 60.4 Å². The topological polar surface area (TPSA) is 65.5 Å². The number of nitrogens with zero attached hydrogens (tertiary/aromatic N) is 4. The number of pyridine rings is 1. The van der Waals surface area contributed by atoms with Gasteiger partial charge in [-0.1, -0.05) is 29.3 Å². The smallest absolute Gasteiger partial charge is 0.283 e. The number of carbonyl (C=O) groups is 2. The lowest BCUT2D eigenvalue weighted by Crippen LogP contribution is -2.74. The van der Waals surface area contributed by atoms with Crippen molar-refractivity contribution in [3.63, 3.8) is 0 Å². The summed E-state index contributed by atoms with van der Waals surface area (Å²) in [6.45, 7) is 5.22. The molecule has 2 aromatic rings. The zero-order valence-electron chi connectivity index (χ0n) is 24.2. The Bertz CT molecular complexity index is 1150. The second-order valence-electron chi connectivity index (χ2n) is 11.8. The zero-order valence-corrected chi connectivity index (χ0v) is 25.7. The fraction of sp³-hybridized carbons (Fsp3) is 0.581. The van der Waals surface area contributed by atoms with Crippen molar-refractivity contribution in [2.24, 2.45) is 0 Å². The van der Waals surface area contributed by atoms with Gasteiger partial charge in [-0.25, -0.2) is 0 Å². The number of amides is 2. The second-order valence-corrected chi connectivity index (χ2v) is 12.6. The van der Waals surface area contributed by atoms with E-state index in [1.165, 1.54) is 6.42 Å². The second kappa shape index (κ2) is 13.6. The first-order valence-corrected chi connectivity index (χ1v) is 15.3. The summed E-state index contributed by atoms with van der Waals surface area (Å²) in [5, 5.41) is 4.54. The third-order valence-electron chi connectivity index (χ3n) is 9.16. The summed E-state index contributed by atoms with van der Waals surface area (Å²) in [4.78, 5) is 34.9. The highest BCUT2D eigenvalue weighted by Crippen LogP contribution is 2.40. The number of likely N-dealkylation sites (N-methyl/N-ethyl adjacent to an activating group) is 2. The predicted molar refractivity (Wildman–Crippen MR) is 162 cm³/mol. The van der Waals surface area contributed by atoms with Crippen molar-refractivity contribution in [1.29, 1.82) is 0 Å². The van der Waals surface area contributed by atoms with Crippen molar-refractivity contribution in [1.82, 2.24) is 20.1 Å². The Kier molecular flexibility index (Phi) is 10.5. The van der Waals surface area contributed by atoms with Gasteiger partial charge in [0, 0.05) is 78.4 Å². The highest BCUT2D eigenvalue weighted by atomic mass is 35.5. The molecular formula is C31H44Cl2N5O2+. The van der Waals surface area contributed by atoms with Gasteiger partial charge in [0.05, 0.1) is 36.1 Å². The maximum atomic E-state index is 14.0. The largest absolute Gasteiger partial charge is 0.345 e. The Morgan fingerprint density at radius 2 is 1.68 bits per heavy atom. The van der Waals surface area contributed by atoms with E-state index >= 15 is 0 Å². The summed E-state index contributed by atoms with van der Waals surface area (Å²) < 4.78 is 0.832. The first-order valence-electron chi connectivity index (χ1n) is 14.5. The molecule has 1 aromatic carbocycles. The van der Waals surface area contributed by atoms with Gasteiger partial charge in [-0.05, 0) is 54.7 Å². The number of benzene rings is 1. The quantitative estimate of drug-likeness (QED) is 0.406. The van der Waals surface area contributed by atoms with Gasteiger partial charge < -0.3 is 19.6 Å². The lowest BCUT2D eigenvalue weighted by atomic mass is 9.79. The normalized spacial score (nSPS) is 19.0. The molecule has 4 rings (SSSR count). The Labute approximate surface area is 249 Å². The van der Waals surface area contributed by atoms with Crippen molar-refractivity contribution in [2.45, 2.75) is 56.4 Å². The van der Waals surface area contributed by atoms with Gasteiger partial charge in [-0.15, -0.1) is 0 Å². The minimum Gasteiger partial charge on any atom is -0.345 e. The van der Waals surface area contributed by atoms with Gasteiger partial charge in [0.25, 0.3) is 5.91 Å². The molecule has 2 saturated heterocycles. The molecule has 2 aliphatic heterocycles. The van der Waals surface area contributed by atoms with Gasteiger partial charge in [0.15, 0.2) is 5.54 Å². The van der Waals surface area contributed by atoms with Crippen molar-refractivity contribution < 1.29 is 14.1 Å². The van der Waals surface area contributed by atoms with Crippen LogP contribution < -0.4 is 5.32 Å². The first kappa shape index (κ1) is 30.8. The van der Waals surface area contributed by atoms with Gasteiger partial charge in [0.1, 0.15) is 0 Å². The van der Waals surface area contributed by atoms with E-state index in [-0.39, 0.29) is 17.7 Å². The lowest BCUT2D eigenvalue weighted by Gasteiger charge is -2.56. The summed E-state index contributed by atoms with van der Waals surface area (Å²) in [6, 6.07) is 9.59. The molecule has 1 unspecified atom stereocenters. The Morgan fingerprint density at radius 3 is 2.30 bits per heavy atom. The number of carbonyl (C=O) groups excluding carboxylic acids is 2. The van der Waals surface area contributed by atoms with E-state index in [2.05, 4.69) is 10.3 Å². The molecule has 7 nitrogen and oxygen atoms in total. The Balaban J connectivity index is 1.62. The molecule has 1 N–H and O–H groups in total. The summed E-state index contributed by atoms with van der Waals surface area (Å²) in [5.41, 5.74) is 1.61. The maximum absolute atomic E-state index is 14.0. The first-order chi connectivity index (χ1) is 19.2. The third kappa shape index (κ3) is 6.81. The summed E-state index contributed by atoms with van der Waals surface area (Å²) in [6.07, 6.45) is 9.81. The Hall–Kier alpha value is -2.19. The molecule has 40 heavy (non-hydrogen) atoms. The van der Waals surface area contributed by atoms with Crippen LogP contribution in [0.4, 0.5) is 0 Å². The number of aromatic nitrogens is 1. The molecule has 0 radical (unpaired) electrons. The molecule has 9 heteroatoms. The molecule has 0 aliphatic carbocycles. The molecule has 0 bridgehead atoms. The SMILES string of the molecule is CN(C)C(=O)C1([N+]2(CCC(CN(C)C(=O)Cc3ccncc3)c3ccc(Cl)c(Cl)c3)CCCCC2)CCNCC1. The van der Waals surface area contributed by atoms with Crippen LogP contribution >= 0.6 is 23.2 Å². The van der Waals surface area contributed by atoms with E-state index in [0.717, 1.165) is 80.4 Å². The summed E-state index contributed by atoms with van der Waals surface area (Å²) >= 11 is 12.8. The Morgan fingerprint density at radius 1 is 1.00 bits per heavy atom. The molecule has 218 valence electrons. The molecule has 2 fully saturated rings. The monoisotopic (exact) mass is 588 g/mol. The van der Waals surface area contributed by atoms with E-state index in [9.17, 15) is 9.59 Å². The molecule has 0 saturated carbocycles. The standard InChI is InChI=1S/C31H44Cl2N5O2/c1-36(2)30(40)31(12-16-35-17-13-31)38(18-5-4-6-19-38)20-11-26(25-7-8-27(32)28(33)22-25)23-37(3)29(39)21-24-9-14-34-15-10-24/h7-10,14-15,22,26,35H,4-6,11-13,16-21,23H2,1-3H3/q+1. The summed E-state index contributed by atoms with van der Waals surface area (Å²) in [7, 11) is 5.67. The van der Waals surface area contributed by atoms with E-state index in [1.807, 2.05) is 61.3 Å². The average Bonchev–Trinajstić information content (AvgIpc) is 2.97. The number of piperidine rings is 2. The minimum absolute atomic E-state index is 0.0614. The van der Waals surface area contributed by atoms with Crippen LogP contribution in [0.25, 0.3) is 0 Å². The van der Waals surface area contributed by atoms with Gasteiger partial charge >= 0.3 is 0 Å². The molecule has 1 atom stereocenters. The lowest BCUT2D eigenvalue weighted by molar-refractivity contribution is -0.972. The minimum atomic E-state index is -0.416. The highest BCUT2D eigenvalue weighted by molar-refractivity contribution is 6.42. The van der Waals surface area contributed by atoms with Gasteiger partial charge in [-0.3, -0.25) is 14.6 Å². The highest BCUT2D eigenvalue weighted by Gasteiger charge is 2.57. The number of hydrogen-bond donors (Lipinski definition) is 1. The third-order valence-corrected chi connectivity index (χ3v) is 9.90. The molecule has 0 spiro atoms. The molecule has 2 aliphatic rings. The predicted octanol–water partition coefficient (Wildman–Crippen LogP) is 4.77. The summed E-state index contributed by atoms with van der Waals surface area (Å²) in [5.74, 6) is 0.383. The van der Waals surface area contributed by atoms with Crippen LogP contribution in [0.5, 0.6) is 0 Å². The van der Waals surface area contributed by atoms with Crippen LogP contribution in [0.1, 0.15) is 55.6 Å². The maximum Gasteiger partial charge on any atom is 0.283 e. The van der Waals surface area contributed by atoms with Crippen LogP contribution in [-0.2, 0) is 16.0 Å². The number of rotatable bonds is 10. The molecular weight excluding hydrogens is 545 g/mol. The van der Waals surface area contributed by atoms with Crippen LogP contribution in [0.15, 0.2) is 42.7 Å². The van der Waals surface area contributed by atoms with Crippen LogP contribution in [0, 0.1) is 0 Å². The fourth-order valence-corrected chi connectivity index (χ4v) is 7.21.